The van der Waals surface area contributed by atoms with E-state index in [1.165, 1.54) is 12.1 Å². The molecular weight excluding hydrogens is 325 g/mol. The molecule has 0 fully saturated rings. The number of carbonyl (C=O) groups excluding carboxylic acids is 1. The summed E-state index contributed by atoms with van der Waals surface area (Å²) in [7, 11) is 0. The maximum Gasteiger partial charge on any atom is 0.332 e. The molecule has 2 unspecified atom stereocenters. The fraction of sp³-hybridized carbons (Fsp3) is 0.263. The van der Waals surface area contributed by atoms with Gasteiger partial charge in [0.25, 0.3) is 0 Å². The van der Waals surface area contributed by atoms with Gasteiger partial charge in [0.15, 0.2) is 6.10 Å². The first-order valence-corrected chi connectivity index (χ1v) is 7.91. The van der Waals surface area contributed by atoms with Gasteiger partial charge in [-0.1, -0.05) is 42.5 Å². The second kappa shape index (κ2) is 9.54. The summed E-state index contributed by atoms with van der Waals surface area (Å²) in [5.41, 5.74) is 1.61. The predicted molar refractivity (Wildman–Crippen MR) is 90.5 cm³/mol. The van der Waals surface area contributed by atoms with Gasteiger partial charge in [-0.2, -0.15) is 0 Å². The van der Waals surface area contributed by atoms with Gasteiger partial charge in [-0.25, -0.2) is 9.18 Å². The van der Waals surface area contributed by atoms with Crippen LogP contribution in [-0.2, 0) is 20.9 Å². The molecule has 0 aromatic heterocycles. The van der Waals surface area contributed by atoms with E-state index in [4.69, 9.17) is 4.74 Å². The largest absolute Gasteiger partial charge is 0.479 e. The molecule has 0 aliphatic carbocycles. The van der Waals surface area contributed by atoms with Crippen molar-refractivity contribution in [2.24, 2.45) is 0 Å². The highest BCUT2D eigenvalue weighted by atomic mass is 19.1. The summed E-state index contributed by atoms with van der Waals surface area (Å²) in [4.78, 5) is 22.1. The van der Waals surface area contributed by atoms with Gasteiger partial charge in [-0.3, -0.25) is 4.79 Å². The molecule has 0 radical (unpaired) electrons. The number of aliphatic carboxylic acids is 1. The van der Waals surface area contributed by atoms with Gasteiger partial charge in [-0.05, 0) is 29.7 Å². The molecule has 0 bridgehead atoms. The zero-order valence-electron chi connectivity index (χ0n) is 13.6. The summed E-state index contributed by atoms with van der Waals surface area (Å²) in [5, 5.41) is 12.0. The molecule has 132 valence electrons. The Morgan fingerprint density at radius 3 is 2.44 bits per heavy atom. The van der Waals surface area contributed by atoms with Gasteiger partial charge < -0.3 is 15.2 Å². The fourth-order valence-corrected chi connectivity index (χ4v) is 2.53. The average Bonchev–Trinajstić information content (AvgIpc) is 2.62. The Morgan fingerprint density at radius 2 is 1.84 bits per heavy atom. The van der Waals surface area contributed by atoms with Gasteiger partial charge in [-0.15, -0.1) is 0 Å². The second-order valence-electron chi connectivity index (χ2n) is 5.63. The van der Waals surface area contributed by atoms with E-state index in [9.17, 15) is 19.1 Å². The molecule has 0 saturated carbocycles. The number of halogens is 1. The molecule has 0 saturated heterocycles. The molecule has 0 aliphatic rings. The third kappa shape index (κ3) is 6.00. The topological polar surface area (TPSA) is 75.6 Å². The van der Waals surface area contributed by atoms with Crippen LogP contribution in [0.1, 0.15) is 23.5 Å². The number of hydrogen-bond donors (Lipinski definition) is 2. The summed E-state index contributed by atoms with van der Waals surface area (Å²) < 4.78 is 18.7. The van der Waals surface area contributed by atoms with E-state index < -0.39 is 12.1 Å². The van der Waals surface area contributed by atoms with Crippen LogP contribution in [0.3, 0.4) is 0 Å². The van der Waals surface area contributed by atoms with Crippen LogP contribution in [0.5, 0.6) is 0 Å². The molecule has 2 aromatic rings. The minimum atomic E-state index is -1.07. The van der Waals surface area contributed by atoms with Gasteiger partial charge in [0.2, 0.25) is 6.41 Å². The van der Waals surface area contributed by atoms with Crippen LogP contribution in [0.2, 0.25) is 0 Å². The van der Waals surface area contributed by atoms with E-state index in [2.05, 4.69) is 5.32 Å². The maximum atomic E-state index is 13.1. The Morgan fingerprint density at radius 1 is 1.16 bits per heavy atom. The molecule has 0 aliphatic heterocycles. The molecule has 2 atom stereocenters. The molecule has 1 amide bonds. The van der Waals surface area contributed by atoms with Crippen molar-refractivity contribution in [2.75, 3.05) is 6.54 Å². The Kier molecular flexibility index (Phi) is 7.10. The molecule has 5 nitrogen and oxygen atoms in total. The first-order valence-electron chi connectivity index (χ1n) is 7.91. The summed E-state index contributed by atoms with van der Waals surface area (Å²) in [5.74, 6) is -1.75. The number of rotatable bonds is 10. The van der Waals surface area contributed by atoms with E-state index in [0.29, 0.717) is 6.41 Å². The molecule has 2 rings (SSSR count). The fourth-order valence-electron chi connectivity index (χ4n) is 2.53. The Bertz CT molecular complexity index is 676. The number of benzene rings is 2. The number of carboxylic acids is 1. The zero-order chi connectivity index (χ0) is 18.1. The Balaban J connectivity index is 2.07. The second-order valence-corrected chi connectivity index (χ2v) is 5.63. The lowest BCUT2D eigenvalue weighted by Crippen LogP contribution is -2.30. The van der Waals surface area contributed by atoms with Crippen LogP contribution in [0.15, 0.2) is 54.6 Å². The lowest BCUT2D eigenvalue weighted by atomic mass is 9.93. The number of carbonyl (C=O) groups is 2. The third-order valence-corrected chi connectivity index (χ3v) is 3.86. The Hall–Kier alpha value is -2.73. The molecule has 2 aromatic carbocycles. The van der Waals surface area contributed by atoms with Crippen molar-refractivity contribution in [1.29, 1.82) is 0 Å². The SMILES string of the molecule is O=CNCC(CC(OCc1ccccc1)C(=O)O)c1ccc(F)cc1. The highest BCUT2D eigenvalue weighted by Crippen LogP contribution is 2.23. The molecule has 6 heteroatoms. The van der Waals surface area contributed by atoms with Crippen LogP contribution in [-0.4, -0.2) is 30.1 Å². The normalized spacial score (nSPS) is 13.0. The van der Waals surface area contributed by atoms with Crippen molar-refractivity contribution in [2.45, 2.75) is 25.0 Å². The molecule has 0 spiro atoms. The first kappa shape index (κ1) is 18.6. The van der Waals surface area contributed by atoms with Crippen molar-refractivity contribution < 1.29 is 23.8 Å². The standard InChI is InChI=1S/C19H20FNO4/c20-17-8-6-15(7-9-17)16(11-21-13-22)10-18(19(23)24)25-12-14-4-2-1-3-5-14/h1-9,13,16,18H,10-12H2,(H,21,22)(H,23,24). The molecular formula is C19H20FNO4. The van der Waals surface area contributed by atoms with Crippen LogP contribution < -0.4 is 5.32 Å². The van der Waals surface area contributed by atoms with Crippen molar-refractivity contribution in [3.05, 3.63) is 71.5 Å². The smallest absolute Gasteiger partial charge is 0.332 e. The van der Waals surface area contributed by atoms with Crippen molar-refractivity contribution in [3.63, 3.8) is 0 Å². The minimum absolute atomic E-state index is 0.161. The number of hydrogen-bond acceptors (Lipinski definition) is 3. The summed E-state index contributed by atoms with van der Waals surface area (Å²) in [6, 6.07) is 15.1. The monoisotopic (exact) mass is 345 g/mol. The van der Waals surface area contributed by atoms with Crippen molar-refractivity contribution >= 4 is 12.4 Å². The summed E-state index contributed by atoms with van der Waals surface area (Å²) in [6.07, 6.45) is -0.324. The van der Waals surface area contributed by atoms with E-state index >= 15 is 0 Å². The van der Waals surface area contributed by atoms with E-state index in [0.717, 1.165) is 11.1 Å². The van der Waals surface area contributed by atoms with E-state index in [1.54, 1.807) is 12.1 Å². The molecule has 25 heavy (non-hydrogen) atoms. The van der Waals surface area contributed by atoms with Gasteiger partial charge in [0.05, 0.1) is 6.61 Å². The predicted octanol–water partition coefficient (Wildman–Crippen LogP) is 2.72. The first-order chi connectivity index (χ1) is 12.1. The van der Waals surface area contributed by atoms with Gasteiger partial charge >= 0.3 is 5.97 Å². The average molecular weight is 345 g/mol. The zero-order valence-corrected chi connectivity index (χ0v) is 13.6. The highest BCUT2D eigenvalue weighted by Gasteiger charge is 2.24. The van der Waals surface area contributed by atoms with Gasteiger partial charge in [0.1, 0.15) is 5.82 Å². The van der Waals surface area contributed by atoms with E-state index in [1.807, 2.05) is 30.3 Å². The van der Waals surface area contributed by atoms with E-state index in [-0.39, 0.29) is 31.3 Å². The molecule has 2 N–H and O–H groups in total. The van der Waals surface area contributed by atoms with Crippen LogP contribution in [0.4, 0.5) is 4.39 Å². The lowest BCUT2D eigenvalue weighted by molar-refractivity contribution is -0.152. The van der Waals surface area contributed by atoms with Crippen LogP contribution >= 0.6 is 0 Å². The van der Waals surface area contributed by atoms with Crippen LogP contribution in [0, 0.1) is 5.82 Å². The number of ether oxygens (including phenoxy) is 1. The van der Waals surface area contributed by atoms with Crippen LogP contribution in [0.25, 0.3) is 0 Å². The maximum absolute atomic E-state index is 13.1. The molecule has 0 heterocycles. The quantitative estimate of drug-likeness (QED) is 0.649. The summed E-state index contributed by atoms with van der Waals surface area (Å²) >= 11 is 0. The Labute approximate surface area is 145 Å². The number of nitrogens with one attached hydrogen (secondary N) is 1. The lowest BCUT2D eigenvalue weighted by Gasteiger charge is -2.22. The highest BCUT2D eigenvalue weighted by molar-refractivity contribution is 5.72. The summed E-state index contributed by atoms with van der Waals surface area (Å²) in [6.45, 7) is 0.419. The van der Waals surface area contributed by atoms with Gasteiger partial charge in [0, 0.05) is 12.5 Å². The van der Waals surface area contributed by atoms with Crippen molar-refractivity contribution in [1.82, 2.24) is 5.32 Å². The minimum Gasteiger partial charge on any atom is -0.479 e. The number of carboxylic acid groups (broad SMARTS) is 1. The van der Waals surface area contributed by atoms with Crippen molar-refractivity contribution in [3.8, 4) is 0 Å². The number of amides is 1. The third-order valence-electron chi connectivity index (χ3n) is 3.86.